The zero-order valence-corrected chi connectivity index (χ0v) is 3.36. The standard InChI is InChI=1S/C3H6NO/c1-4(2)3-5/h1-2H3/q+1. The fourth-order valence-electron chi connectivity index (χ4n) is 0. The van der Waals surface area contributed by atoms with Crippen LogP contribution in [0, 0.1) is 0 Å². The zero-order chi connectivity index (χ0) is 4.28. The highest BCUT2D eigenvalue weighted by Crippen LogP contribution is 1.45. The highest BCUT2D eigenvalue weighted by molar-refractivity contribution is 5.49. The summed E-state index contributed by atoms with van der Waals surface area (Å²) in [6, 6.07) is 0. The van der Waals surface area contributed by atoms with Crippen molar-refractivity contribution in [2.45, 2.75) is 0 Å². The average Bonchev–Trinajstić information content (AvgIpc) is 1.38. The van der Waals surface area contributed by atoms with Crippen LogP contribution in [0.15, 0.2) is 0 Å². The molecule has 0 saturated carbocycles. The predicted octanol–water partition coefficient (Wildman–Crippen LogP) is -0.547. The maximum atomic E-state index is 9.31. The van der Waals surface area contributed by atoms with Crippen molar-refractivity contribution in [3.05, 3.63) is 0 Å². The predicted molar refractivity (Wildman–Crippen MR) is 19.7 cm³/mol. The Kier molecular flexibility index (Phi) is 1.76. The Morgan fingerprint density at radius 3 is 1.80 bits per heavy atom. The van der Waals surface area contributed by atoms with Crippen molar-refractivity contribution in [2.75, 3.05) is 14.1 Å². The minimum atomic E-state index is 1.32. The maximum absolute atomic E-state index is 9.31. The van der Waals surface area contributed by atoms with E-state index in [0.29, 0.717) is 0 Å². The number of rotatable bonds is 1. The van der Waals surface area contributed by atoms with Crippen molar-refractivity contribution in [1.29, 1.82) is 0 Å². The Hall–Kier alpha value is -0.370. The lowest BCUT2D eigenvalue weighted by atomic mass is 11.0. The SMILES string of the molecule is C[N+](C)[C]=O. The van der Waals surface area contributed by atoms with Crippen LogP contribution >= 0.6 is 0 Å². The summed E-state index contributed by atoms with van der Waals surface area (Å²) in [7, 11) is 3.26. The van der Waals surface area contributed by atoms with Crippen molar-refractivity contribution < 1.29 is 4.79 Å². The van der Waals surface area contributed by atoms with E-state index in [9.17, 15) is 4.79 Å². The first-order valence-electron chi connectivity index (χ1n) is 1.32. The van der Waals surface area contributed by atoms with Gasteiger partial charge in [0.2, 0.25) is 0 Å². The molecule has 5 heavy (non-hydrogen) atoms. The van der Waals surface area contributed by atoms with Crippen LogP contribution in [0.25, 0.3) is 0 Å². The van der Waals surface area contributed by atoms with Crippen LogP contribution < -0.4 is 4.90 Å². The van der Waals surface area contributed by atoms with E-state index in [4.69, 9.17) is 0 Å². The minimum Gasteiger partial charge on any atom is -0.209 e. The molecule has 2 nitrogen and oxygen atoms in total. The third-order valence-corrected chi connectivity index (χ3v) is 0.183. The van der Waals surface area contributed by atoms with Crippen molar-refractivity contribution >= 4 is 6.41 Å². The lowest BCUT2D eigenvalue weighted by Crippen LogP contribution is -2.14. The van der Waals surface area contributed by atoms with Gasteiger partial charge in [-0.05, 0) is 0 Å². The molecule has 0 aliphatic heterocycles. The summed E-state index contributed by atoms with van der Waals surface area (Å²) >= 11 is 0. The lowest BCUT2D eigenvalue weighted by molar-refractivity contribution is 0.524. The van der Waals surface area contributed by atoms with Gasteiger partial charge in [-0.25, -0.2) is 4.79 Å². The van der Waals surface area contributed by atoms with Crippen LogP contribution in [-0.4, -0.2) is 20.5 Å². The van der Waals surface area contributed by atoms with Crippen molar-refractivity contribution in [1.82, 2.24) is 4.90 Å². The molecule has 0 N–H and O–H groups in total. The summed E-state index contributed by atoms with van der Waals surface area (Å²) in [5.74, 6) is 0. The molecular weight excluding hydrogens is 66.0 g/mol. The summed E-state index contributed by atoms with van der Waals surface area (Å²) in [6.45, 7) is 0. The maximum Gasteiger partial charge on any atom is 0.494 e. The van der Waals surface area contributed by atoms with Gasteiger partial charge in [-0.2, -0.15) is 0 Å². The molecule has 28 valence electrons. The van der Waals surface area contributed by atoms with Gasteiger partial charge in [-0.3, -0.25) is 0 Å². The molecule has 0 spiro atoms. The quantitative estimate of drug-likeness (QED) is 0.301. The molecule has 0 bridgehead atoms. The van der Waals surface area contributed by atoms with E-state index < -0.39 is 0 Å². The molecule has 0 rings (SSSR count). The van der Waals surface area contributed by atoms with Gasteiger partial charge in [0.25, 0.3) is 0 Å². The van der Waals surface area contributed by atoms with Crippen LogP contribution in [0.3, 0.4) is 0 Å². The average molecular weight is 72.1 g/mol. The highest BCUT2D eigenvalue weighted by atomic mass is 16.1. The molecule has 2 heteroatoms. The molecule has 2 radical (unpaired) electrons. The first kappa shape index (κ1) is 4.63. The Balaban J connectivity index is 2.83. The van der Waals surface area contributed by atoms with E-state index in [1.807, 2.05) is 0 Å². The Morgan fingerprint density at radius 2 is 1.80 bits per heavy atom. The molecular formula is C3H6NO+. The normalized spacial score (nSPS) is 8.60. The van der Waals surface area contributed by atoms with Gasteiger partial charge < -0.3 is 0 Å². The van der Waals surface area contributed by atoms with Crippen molar-refractivity contribution in [3.8, 4) is 0 Å². The summed E-state index contributed by atoms with van der Waals surface area (Å²) in [5.41, 5.74) is 0. The first-order valence-corrected chi connectivity index (χ1v) is 1.32. The largest absolute Gasteiger partial charge is 0.494 e. The summed E-state index contributed by atoms with van der Waals surface area (Å²) in [6.07, 6.45) is 1.61. The molecule has 0 unspecified atom stereocenters. The fraction of sp³-hybridized carbons (Fsp3) is 0.667. The third-order valence-electron chi connectivity index (χ3n) is 0.183. The second kappa shape index (κ2) is 1.91. The molecule has 0 heterocycles. The molecule has 0 fully saturated rings. The number of carbonyl (C=O) groups excluding carboxylic acids is 1. The summed E-state index contributed by atoms with van der Waals surface area (Å²) < 4.78 is 0. The van der Waals surface area contributed by atoms with Crippen LogP contribution in [0.5, 0.6) is 0 Å². The summed E-state index contributed by atoms with van der Waals surface area (Å²) in [5, 5.41) is 0. The van der Waals surface area contributed by atoms with Gasteiger partial charge in [0.1, 0.15) is 14.1 Å². The van der Waals surface area contributed by atoms with Gasteiger partial charge in [-0.1, -0.05) is 4.90 Å². The van der Waals surface area contributed by atoms with Crippen molar-refractivity contribution in [3.63, 3.8) is 0 Å². The summed E-state index contributed by atoms with van der Waals surface area (Å²) in [4.78, 5) is 10.6. The molecule has 0 aromatic carbocycles. The zero-order valence-electron chi connectivity index (χ0n) is 3.36. The van der Waals surface area contributed by atoms with Crippen LogP contribution in [-0.2, 0) is 4.79 Å². The molecule has 1 amide bonds. The van der Waals surface area contributed by atoms with Gasteiger partial charge in [0.05, 0.1) is 0 Å². The van der Waals surface area contributed by atoms with E-state index in [0.717, 1.165) is 0 Å². The fourth-order valence-corrected chi connectivity index (χ4v) is 0. The van der Waals surface area contributed by atoms with Gasteiger partial charge in [0, 0.05) is 0 Å². The Bertz CT molecular complexity index is 33.9. The van der Waals surface area contributed by atoms with Crippen LogP contribution in [0.1, 0.15) is 0 Å². The van der Waals surface area contributed by atoms with Gasteiger partial charge >= 0.3 is 6.41 Å². The molecule has 0 atom stereocenters. The highest BCUT2D eigenvalue weighted by Gasteiger charge is 1.90. The second-order valence-corrected chi connectivity index (χ2v) is 0.986. The number of hydrogen-bond donors (Lipinski definition) is 0. The van der Waals surface area contributed by atoms with E-state index in [1.165, 1.54) is 4.90 Å². The molecule has 0 aliphatic rings. The Labute approximate surface area is 31.4 Å². The monoisotopic (exact) mass is 72.0 g/mol. The first-order chi connectivity index (χ1) is 2.27. The van der Waals surface area contributed by atoms with Gasteiger partial charge in [-0.15, -0.1) is 0 Å². The number of nitrogens with zero attached hydrogens (tertiary/aromatic N) is 1. The van der Waals surface area contributed by atoms with E-state index in [1.54, 1.807) is 20.5 Å². The second-order valence-electron chi connectivity index (χ2n) is 0.986. The van der Waals surface area contributed by atoms with Crippen LogP contribution in [0.4, 0.5) is 0 Å². The van der Waals surface area contributed by atoms with E-state index >= 15 is 0 Å². The molecule has 0 aromatic rings. The third kappa shape index (κ3) is 3.63. The number of hydrogen-bond acceptors (Lipinski definition) is 1. The Morgan fingerprint density at radius 1 is 1.60 bits per heavy atom. The minimum absolute atomic E-state index is 1.32. The topological polar surface area (TPSA) is 23.0 Å². The van der Waals surface area contributed by atoms with E-state index in [2.05, 4.69) is 0 Å². The van der Waals surface area contributed by atoms with Gasteiger partial charge in [0.15, 0.2) is 0 Å². The van der Waals surface area contributed by atoms with Crippen LogP contribution in [0.2, 0.25) is 0 Å². The van der Waals surface area contributed by atoms with Crippen molar-refractivity contribution in [2.24, 2.45) is 0 Å². The molecule has 0 saturated heterocycles. The lowest BCUT2D eigenvalue weighted by Gasteiger charge is -1.71. The molecule has 0 aromatic heterocycles. The van der Waals surface area contributed by atoms with E-state index in [-0.39, 0.29) is 0 Å². The number of amides is 1. The molecule has 0 aliphatic carbocycles. The smallest absolute Gasteiger partial charge is 0.209 e.